The first-order valence-electron chi connectivity index (χ1n) is 8.40. The summed E-state index contributed by atoms with van der Waals surface area (Å²) in [4.78, 5) is 30.2. The Bertz CT molecular complexity index is 984. The number of imidazole rings is 1. The minimum Gasteiger partial charge on any atom is -0.320 e. The van der Waals surface area contributed by atoms with Crippen molar-refractivity contribution in [2.24, 2.45) is 0 Å². The van der Waals surface area contributed by atoms with Gasteiger partial charge in [-0.1, -0.05) is 68.4 Å². The fourth-order valence-electron chi connectivity index (χ4n) is 3.37. The van der Waals surface area contributed by atoms with Gasteiger partial charge in [0.2, 0.25) is 5.78 Å². The van der Waals surface area contributed by atoms with Gasteiger partial charge in [0.1, 0.15) is 17.2 Å². The molecule has 0 spiro atoms. The number of fused-ring (bicyclic) bond motifs is 3. The van der Waals surface area contributed by atoms with Gasteiger partial charge in [0, 0.05) is 23.6 Å². The van der Waals surface area contributed by atoms with E-state index in [0.717, 1.165) is 17.0 Å². The minimum absolute atomic E-state index is 0.143. The summed E-state index contributed by atoms with van der Waals surface area (Å²) < 4.78 is 1.91. The van der Waals surface area contributed by atoms with Crippen LogP contribution < -0.4 is 0 Å². The van der Waals surface area contributed by atoms with E-state index in [1.165, 1.54) is 0 Å². The monoisotopic (exact) mass is 330 g/mol. The van der Waals surface area contributed by atoms with E-state index in [4.69, 9.17) is 4.98 Å². The van der Waals surface area contributed by atoms with E-state index in [2.05, 4.69) is 0 Å². The molecular formula is C21H18N2O2. The molecule has 0 aliphatic heterocycles. The highest BCUT2D eigenvalue weighted by Crippen LogP contribution is 2.35. The van der Waals surface area contributed by atoms with Gasteiger partial charge in [0.25, 0.3) is 5.78 Å². The van der Waals surface area contributed by atoms with Crippen LogP contribution in [0, 0.1) is 0 Å². The summed E-state index contributed by atoms with van der Waals surface area (Å²) in [6.45, 7) is 4.62. The van der Waals surface area contributed by atoms with E-state index >= 15 is 0 Å². The molecule has 0 radical (unpaired) electrons. The number of carbonyl (C=O) groups excluding carboxylic acids is 2. The highest BCUT2D eigenvalue weighted by Gasteiger charge is 2.36. The number of hydrogen-bond acceptors (Lipinski definition) is 3. The number of hydrogen-bond donors (Lipinski definition) is 0. The van der Waals surface area contributed by atoms with Gasteiger partial charge in [0.05, 0.1) is 0 Å². The van der Waals surface area contributed by atoms with Crippen molar-refractivity contribution in [1.82, 2.24) is 9.55 Å². The van der Waals surface area contributed by atoms with Crippen LogP contribution in [0.2, 0.25) is 0 Å². The van der Waals surface area contributed by atoms with Crippen molar-refractivity contribution in [2.45, 2.75) is 26.3 Å². The third-order valence-corrected chi connectivity index (χ3v) is 4.55. The Hall–Kier alpha value is -3.01. The second-order valence-corrected chi connectivity index (χ2v) is 6.60. The standard InChI is InChI=1S/C21H18N2O2/c1-13(2)21-22-17-15-10-6-7-11-16(15)19(24)20(25)18(17)23(21)12-14-8-4-3-5-9-14/h3-11,13H,12H2,1-2H3. The summed E-state index contributed by atoms with van der Waals surface area (Å²) in [5, 5.41) is 0. The van der Waals surface area contributed by atoms with Crippen LogP contribution in [-0.4, -0.2) is 21.1 Å². The summed E-state index contributed by atoms with van der Waals surface area (Å²) >= 11 is 0. The molecule has 3 aromatic rings. The zero-order valence-corrected chi connectivity index (χ0v) is 14.2. The molecule has 124 valence electrons. The molecule has 1 aliphatic carbocycles. The predicted octanol–water partition coefficient (Wildman–Crippen LogP) is 4.10. The van der Waals surface area contributed by atoms with Crippen molar-refractivity contribution in [3.8, 4) is 11.3 Å². The van der Waals surface area contributed by atoms with Crippen molar-refractivity contribution >= 4 is 11.6 Å². The molecule has 0 bridgehead atoms. The van der Waals surface area contributed by atoms with E-state index < -0.39 is 11.6 Å². The molecule has 1 heterocycles. The first-order chi connectivity index (χ1) is 12.1. The Kier molecular flexibility index (Phi) is 3.61. The van der Waals surface area contributed by atoms with Gasteiger partial charge in [-0.25, -0.2) is 4.98 Å². The summed E-state index contributed by atoms with van der Waals surface area (Å²) in [6.07, 6.45) is 0. The molecule has 1 aromatic heterocycles. The molecule has 4 nitrogen and oxygen atoms in total. The van der Waals surface area contributed by atoms with E-state index in [9.17, 15) is 9.59 Å². The maximum atomic E-state index is 12.8. The first kappa shape index (κ1) is 15.5. The van der Waals surface area contributed by atoms with Crippen LogP contribution in [0.1, 0.15) is 52.0 Å². The van der Waals surface area contributed by atoms with E-state index in [1.54, 1.807) is 12.1 Å². The van der Waals surface area contributed by atoms with E-state index in [-0.39, 0.29) is 5.92 Å². The quantitative estimate of drug-likeness (QED) is 0.679. The van der Waals surface area contributed by atoms with Crippen molar-refractivity contribution < 1.29 is 9.59 Å². The highest BCUT2D eigenvalue weighted by molar-refractivity contribution is 6.52. The lowest BCUT2D eigenvalue weighted by Gasteiger charge is -2.17. The topological polar surface area (TPSA) is 52.0 Å². The van der Waals surface area contributed by atoms with Crippen molar-refractivity contribution in [2.75, 3.05) is 0 Å². The number of rotatable bonds is 3. The van der Waals surface area contributed by atoms with Gasteiger partial charge < -0.3 is 4.57 Å². The van der Waals surface area contributed by atoms with Crippen LogP contribution in [0.4, 0.5) is 0 Å². The number of benzene rings is 2. The molecular weight excluding hydrogens is 312 g/mol. The second kappa shape index (κ2) is 5.81. The molecule has 25 heavy (non-hydrogen) atoms. The predicted molar refractivity (Wildman–Crippen MR) is 96.0 cm³/mol. The van der Waals surface area contributed by atoms with Crippen LogP contribution in [0.3, 0.4) is 0 Å². The lowest BCUT2D eigenvalue weighted by atomic mass is 9.90. The SMILES string of the molecule is CC(C)c1nc2c(n1Cc1ccccc1)C(=O)C(=O)c1ccccc1-2. The van der Waals surface area contributed by atoms with Gasteiger partial charge in [-0.05, 0) is 5.56 Å². The van der Waals surface area contributed by atoms with Gasteiger partial charge >= 0.3 is 0 Å². The smallest absolute Gasteiger partial charge is 0.252 e. The third-order valence-electron chi connectivity index (χ3n) is 4.55. The van der Waals surface area contributed by atoms with Crippen molar-refractivity contribution in [3.63, 3.8) is 0 Å². The zero-order chi connectivity index (χ0) is 17.6. The molecule has 4 rings (SSSR count). The summed E-state index contributed by atoms with van der Waals surface area (Å²) in [5.74, 6) is 0.0488. The largest absolute Gasteiger partial charge is 0.320 e. The van der Waals surface area contributed by atoms with Crippen molar-refractivity contribution in [1.29, 1.82) is 0 Å². The number of aromatic nitrogens is 2. The first-order valence-corrected chi connectivity index (χ1v) is 8.40. The number of carbonyl (C=O) groups is 2. The molecule has 1 aliphatic rings. The molecule has 4 heteroatoms. The normalized spacial score (nSPS) is 13.1. The Morgan fingerprint density at radius 1 is 0.880 bits per heavy atom. The Morgan fingerprint density at radius 2 is 1.52 bits per heavy atom. The Morgan fingerprint density at radius 3 is 2.20 bits per heavy atom. The third kappa shape index (κ3) is 2.41. The molecule has 0 saturated carbocycles. The number of ketones is 2. The Labute approximate surface area is 146 Å². The zero-order valence-electron chi connectivity index (χ0n) is 14.2. The lowest BCUT2D eigenvalue weighted by Crippen LogP contribution is -2.24. The molecule has 0 atom stereocenters. The highest BCUT2D eigenvalue weighted by atomic mass is 16.2. The Balaban J connectivity index is 1.96. The molecule has 0 amide bonds. The van der Waals surface area contributed by atoms with Gasteiger partial charge in [-0.15, -0.1) is 0 Å². The van der Waals surface area contributed by atoms with Crippen LogP contribution >= 0.6 is 0 Å². The van der Waals surface area contributed by atoms with E-state index in [0.29, 0.717) is 23.5 Å². The molecule has 0 saturated heterocycles. The van der Waals surface area contributed by atoms with E-state index in [1.807, 2.05) is 60.9 Å². The summed E-state index contributed by atoms with van der Waals surface area (Å²) in [7, 11) is 0. The maximum absolute atomic E-state index is 12.8. The minimum atomic E-state index is -0.468. The maximum Gasteiger partial charge on any atom is 0.252 e. The summed E-state index contributed by atoms with van der Waals surface area (Å²) in [6, 6.07) is 17.1. The fourth-order valence-corrected chi connectivity index (χ4v) is 3.37. The van der Waals surface area contributed by atoms with Gasteiger partial charge in [-0.3, -0.25) is 9.59 Å². The molecule has 0 N–H and O–H groups in total. The van der Waals surface area contributed by atoms with Crippen LogP contribution in [0.25, 0.3) is 11.3 Å². The molecule has 0 fully saturated rings. The van der Waals surface area contributed by atoms with Gasteiger partial charge in [0.15, 0.2) is 0 Å². The van der Waals surface area contributed by atoms with Crippen LogP contribution in [-0.2, 0) is 6.54 Å². The average Bonchev–Trinajstić information content (AvgIpc) is 3.00. The van der Waals surface area contributed by atoms with Gasteiger partial charge in [-0.2, -0.15) is 0 Å². The molecule has 0 unspecified atom stereocenters. The lowest BCUT2D eigenvalue weighted by molar-refractivity contribution is 0.0810. The van der Waals surface area contributed by atoms with Crippen LogP contribution in [0.15, 0.2) is 54.6 Å². The van der Waals surface area contributed by atoms with Crippen LogP contribution in [0.5, 0.6) is 0 Å². The molecule has 2 aromatic carbocycles. The number of Topliss-reactive ketones (excluding diaryl/α,β-unsaturated/α-hetero) is 2. The fraction of sp³-hybridized carbons (Fsp3) is 0.190. The number of nitrogens with zero attached hydrogens (tertiary/aromatic N) is 2. The van der Waals surface area contributed by atoms with Crippen molar-refractivity contribution in [3.05, 3.63) is 77.2 Å². The average molecular weight is 330 g/mol. The second-order valence-electron chi connectivity index (χ2n) is 6.60. The summed E-state index contributed by atoms with van der Waals surface area (Å²) in [5.41, 5.74) is 3.30.